The topological polar surface area (TPSA) is 15.6 Å². The predicted molar refractivity (Wildman–Crippen MR) is 24.1 cm³/mol. The van der Waals surface area contributed by atoms with Gasteiger partial charge in [0.25, 0.3) is 0 Å². The highest BCUT2D eigenvalue weighted by Crippen LogP contribution is 1.85. The fraction of sp³-hybridized carbons (Fsp3) is 0.250. The Bertz CT molecular complexity index is 81.7. The first-order valence-corrected chi connectivity index (χ1v) is 1.73. The van der Waals surface area contributed by atoms with Crippen LogP contribution in [0, 0.1) is 6.20 Å². The zero-order valence-electron chi connectivity index (χ0n) is 3.55. The predicted octanol–water partition coefficient (Wildman–Crippen LogP) is 0.234. The van der Waals surface area contributed by atoms with E-state index in [0.717, 1.165) is 0 Å². The lowest BCUT2D eigenvalue weighted by Gasteiger charge is -1.78. The van der Waals surface area contributed by atoms with Crippen LogP contribution in [0.4, 0.5) is 0 Å². The number of hydrogen-bond donors (Lipinski definition) is 0. The van der Waals surface area contributed by atoms with Crippen LogP contribution in [-0.2, 0) is 0 Å². The maximum atomic E-state index is 3.73. The van der Waals surface area contributed by atoms with Crippen LogP contribution < -0.4 is 0 Å². The van der Waals surface area contributed by atoms with E-state index in [9.17, 15) is 0 Å². The van der Waals surface area contributed by atoms with E-state index in [2.05, 4.69) is 11.2 Å². The van der Waals surface area contributed by atoms with Crippen LogP contribution in [0.2, 0.25) is 0 Å². The standard InChI is InChI=1S/C4H5N2/c1-6-3-2-5-4-6/h2,4H,1H3/q+1. The van der Waals surface area contributed by atoms with Crippen molar-refractivity contribution in [1.82, 2.24) is 4.90 Å². The molecule has 0 amide bonds. The second-order valence-electron chi connectivity index (χ2n) is 1.13. The molecule has 1 aliphatic heterocycles. The molecule has 0 unspecified atom stereocenters. The molecule has 1 heterocycles. The van der Waals surface area contributed by atoms with Crippen molar-refractivity contribution in [2.75, 3.05) is 7.05 Å². The maximum absolute atomic E-state index is 3.73. The van der Waals surface area contributed by atoms with Gasteiger partial charge >= 0.3 is 0 Å². The molecule has 0 bridgehead atoms. The Hall–Kier alpha value is -0.880. The molecule has 0 atom stereocenters. The van der Waals surface area contributed by atoms with Crippen LogP contribution in [0.25, 0.3) is 0 Å². The summed E-state index contributed by atoms with van der Waals surface area (Å²) >= 11 is 0. The summed E-state index contributed by atoms with van der Waals surface area (Å²) in [7, 11) is 1.88. The molecule has 2 nitrogen and oxygen atoms in total. The summed E-state index contributed by atoms with van der Waals surface area (Å²) < 4.78 is 0. The normalized spacial score (nSPS) is 15.8. The monoisotopic (exact) mass is 81.0 g/mol. The van der Waals surface area contributed by atoms with Gasteiger partial charge in [-0.1, -0.05) is 0 Å². The lowest BCUT2D eigenvalue weighted by Crippen LogP contribution is -2.02. The molecular weight excluding hydrogens is 76.1 g/mol. The highest BCUT2D eigenvalue weighted by molar-refractivity contribution is 5.58. The summed E-state index contributed by atoms with van der Waals surface area (Å²) in [6, 6.07) is 0. The van der Waals surface area contributed by atoms with Gasteiger partial charge in [0, 0.05) is 0 Å². The quantitative estimate of drug-likeness (QED) is 0.381. The fourth-order valence-electron chi connectivity index (χ4n) is 0.291. The van der Waals surface area contributed by atoms with Gasteiger partial charge < -0.3 is 0 Å². The molecule has 0 saturated carbocycles. The summed E-state index contributed by atoms with van der Waals surface area (Å²) in [5.74, 6) is 0. The van der Waals surface area contributed by atoms with Crippen LogP contribution >= 0.6 is 0 Å². The van der Waals surface area contributed by atoms with Crippen molar-refractivity contribution < 1.29 is 0 Å². The van der Waals surface area contributed by atoms with E-state index >= 15 is 0 Å². The lowest BCUT2D eigenvalue weighted by atomic mass is 10.9. The smallest absolute Gasteiger partial charge is 0.138 e. The van der Waals surface area contributed by atoms with Crippen molar-refractivity contribution in [1.29, 1.82) is 0 Å². The third-order valence-electron chi connectivity index (χ3n) is 0.576. The number of hydrogen-bond acceptors (Lipinski definition) is 2. The molecule has 30 valence electrons. The number of nitrogens with zero attached hydrogens (tertiary/aromatic N) is 2. The molecule has 6 heavy (non-hydrogen) atoms. The van der Waals surface area contributed by atoms with E-state index in [1.165, 1.54) is 0 Å². The zero-order chi connectivity index (χ0) is 4.41. The Morgan fingerprint density at radius 2 is 2.67 bits per heavy atom. The third-order valence-corrected chi connectivity index (χ3v) is 0.576. The number of aliphatic imine (C=N–C) groups is 1. The van der Waals surface area contributed by atoms with Crippen molar-refractivity contribution in [2.45, 2.75) is 0 Å². The molecule has 0 aliphatic carbocycles. The van der Waals surface area contributed by atoms with Gasteiger partial charge in [0.2, 0.25) is 18.7 Å². The summed E-state index contributed by atoms with van der Waals surface area (Å²) in [5.41, 5.74) is 0. The average Bonchev–Trinajstić information content (AvgIpc) is 1.86. The van der Waals surface area contributed by atoms with Gasteiger partial charge in [-0.15, -0.1) is 9.89 Å². The Balaban J connectivity index is 2.60. The highest BCUT2D eigenvalue weighted by Gasteiger charge is 2.00. The van der Waals surface area contributed by atoms with Gasteiger partial charge in [-0.05, 0) is 0 Å². The van der Waals surface area contributed by atoms with E-state index in [-0.39, 0.29) is 0 Å². The molecule has 1 rings (SSSR count). The molecule has 1 aliphatic rings. The Labute approximate surface area is 36.8 Å². The van der Waals surface area contributed by atoms with E-state index < -0.39 is 0 Å². The van der Waals surface area contributed by atoms with Crippen LogP contribution in [0.15, 0.2) is 11.2 Å². The summed E-state index contributed by atoms with van der Waals surface area (Å²) in [4.78, 5) is 5.49. The molecule has 0 aromatic heterocycles. The van der Waals surface area contributed by atoms with Gasteiger partial charge in [-0.25, -0.2) is 0 Å². The van der Waals surface area contributed by atoms with E-state index in [0.29, 0.717) is 0 Å². The largest absolute Gasteiger partial charge is 0.238 e. The zero-order valence-corrected chi connectivity index (χ0v) is 3.55. The van der Waals surface area contributed by atoms with Crippen LogP contribution in [0.1, 0.15) is 0 Å². The molecule has 0 N–H and O–H groups in total. The molecular formula is C4H5N2+. The molecule has 0 saturated heterocycles. The van der Waals surface area contributed by atoms with E-state index in [4.69, 9.17) is 0 Å². The third kappa shape index (κ3) is 0.374. The van der Waals surface area contributed by atoms with Gasteiger partial charge in [-0.2, -0.15) is 0 Å². The number of rotatable bonds is 0. The fourth-order valence-corrected chi connectivity index (χ4v) is 0.291. The Kier molecular flexibility index (Phi) is 0.592. The van der Waals surface area contributed by atoms with Crippen molar-refractivity contribution in [3.05, 3.63) is 12.4 Å². The molecule has 0 aromatic carbocycles. The first-order valence-electron chi connectivity index (χ1n) is 1.73. The second kappa shape index (κ2) is 1.07. The van der Waals surface area contributed by atoms with Crippen molar-refractivity contribution >= 4 is 6.34 Å². The van der Waals surface area contributed by atoms with Gasteiger partial charge in [0.05, 0.1) is 7.05 Å². The molecule has 0 spiro atoms. The molecule has 2 heteroatoms. The summed E-state index contributed by atoms with van der Waals surface area (Å²) in [6.45, 7) is 0. The maximum Gasteiger partial charge on any atom is 0.238 e. The minimum Gasteiger partial charge on any atom is -0.138 e. The second-order valence-corrected chi connectivity index (χ2v) is 1.13. The van der Waals surface area contributed by atoms with Crippen LogP contribution in [0.5, 0.6) is 0 Å². The van der Waals surface area contributed by atoms with Crippen molar-refractivity contribution in [3.8, 4) is 0 Å². The molecule has 0 fully saturated rings. The van der Waals surface area contributed by atoms with Gasteiger partial charge in [-0.3, -0.25) is 0 Å². The molecule has 0 radical (unpaired) electrons. The van der Waals surface area contributed by atoms with Gasteiger partial charge in [0.15, 0.2) is 0 Å². The van der Waals surface area contributed by atoms with E-state index in [1.54, 1.807) is 17.4 Å². The minimum absolute atomic E-state index is 1.62. The SMILES string of the molecule is CN1[C+]=CN=C1. The highest BCUT2D eigenvalue weighted by atomic mass is 15.1. The average molecular weight is 81.1 g/mol. The first-order chi connectivity index (χ1) is 2.89. The van der Waals surface area contributed by atoms with Crippen LogP contribution in [-0.4, -0.2) is 18.3 Å². The van der Waals surface area contributed by atoms with Crippen molar-refractivity contribution in [2.24, 2.45) is 4.99 Å². The lowest BCUT2D eigenvalue weighted by molar-refractivity contribution is 0.697. The first kappa shape index (κ1) is 3.32. The molecule has 0 aromatic rings. The summed E-state index contributed by atoms with van der Waals surface area (Å²) in [5, 5.41) is 0. The van der Waals surface area contributed by atoms with Crippen LogP contribution in [0.3, 0.4) is 0 Å². The van der Waals surface area contributed by atoms with Gasteiger partial charge in [0.1, 0.15) is 0 Å². The Morgan fingerprint density at radius 1 is 1.83 bits per heavy atom. The summed E-state index contributed by atoms with van der Waals surface area (Å²) in [6.07, 6.45) is 6.12. The van der Waals surface area contributed by atoms with Crippen molar-refractivity contribution in [3.63, 3.8) is 0 Å². The Morgan fingerprint density at radius 3 is 2.83 bits per heavy atom. The van der Waals surface area contributed by atoms with E-state index in [1.807, 2.05) is 7.05 Å². The minimum atomic E-state index is 1.62.